The molecule has 3 atom stereocenters. The molecule has 2 aromatic heterocycles. The first-order chi connectivity index (χ1) is 13.5. The molecular formula is C21H26ClN5O. The summed E-state index contributed by atoms with van der Waals surface area (Å²) >= 11 is 5.94. The molecule has 2 heterocycles. The van der Waals surface area contributed by atoms with Crippen LogP contribution >= 0.6 is 11.6 Å². The number of benzene rings is 1. The Kier molecular flexibility index (Phi) is 5.53. The summed E-state index contributed by atoms with van der Waals surface area (Å²) in [6.07, 6.45) is 4.83. The molecular weight excluding hydrogens is 374 g/mol. The Bertz CT molecular complexity index is 936. The minimum Gasteiger partial charge on any atom is -0.391 e. The molecule has 1 unspecified atom stereocenters. The van der Waals surface area contributed by atoms with E-state index in [0.717, 1.165) is 36.5 Å². The van der Waals surface area contributed by atoms with Crippen molar-refractivity contribution in [3.63, 3.8) is 0 Å². The summed E-state index contributed by atoms with van der Waals surface area (Å²) in [6.45, 7) is 5.62. The smallest absolute Gasteiger partial charge is 0.0785 e. The minimum atomic E-state index is -0.346. The van der Waals surface area contributed by atoms with E-state index in [1.54, 1.807) is 6.20 Å². The summed E-state index contributed by atoms with van der Waals surface area (Å²) < 4.78 is 3.85. The number of aryl methyl sites for hydroxylation is 1. The summed E-state index contributed by atoms with van der Waals surface area (Å²) in [5.74, 6) is 0.387. The highest BCUT2D eigenvalue weighted by Gasteiger charge is 2.33. The fraction of sp³-hybridized carbons (Fsp3) is 0.429. The normalized spacial score (nSPS) is 22.1. The number of rotatable bonds is 6. The zero-order valence-corrected chi connectivity index (χ0v) is 17.0. The molecule has 148 valence electrons. The summed E-state index contributed by atoms with van der Waals surface area (Å²) in [5, 5.41) is 23.7. The highest BCUT2D eigenvalue weighted by Crippen LogP contribution is 2.28. The lowest BCUT2D eigenvalue weighted by molar-refractivity contribution is 0.145. The minimum absolute atomic E-state index is 0.0786. The molecule has 7 heteroatoms. The second kappa shape index (κ2) is 8.07. The number of nitrogens with zero attached hydrogens (tertiary/aromatic N) is 4. The Labute approximate surface area is 170 Å². The second-order valence-electron chi connectivity index (χ2n) is 7.67. The monoisotopic (exact) mass is 399 g/mol. The van der Waals surface area contributed by atoms with Gasteiger partial charge in [0.15, 0.2) is 0 Å². The van der Waals surface area contributed by atoms with Crippen LogP contribution in [0.15, 0.2) is 42.7 Å². The molecule has 3 aromatic rings. The van der Waals surface area contributed by atoms with Crippen LogP contribution in [-0.4, -0.2) is 36.8 Å². The van der Waals surface area contributed by atoms with Crippen molar-refractivity contribution < 1.29 is 5.11 Å². The number of halogens is 1. The zero-order valence-electron chi connectivity index (χ0n) is 16.2. The first-order valence-electron chi connectivity index (χ1n) is 9.71. The van der Waals surface area contributed by atoms with Crippen molar-refractivity contribution in [2.24, 2.45) is 5.92 Å². The van der Waals surface area contributed by atoms with Gasteiger partial charge in [0.25, 0.3) is 0 Å². The maximum Gasteiger partial charge on any atom is 0.0785 e. The lowest BCUT2D eigenvalue weighted by Crippen LogP contribution is -2.35. The molecule has 2 N–H and O–H groups in total. The molecule has 0 aliphatic heterocycles. The van der Waals surface area contributed by atoms with Crippen molar-refractivity contribution in [1.82, 2.24) is 24.9 Å². The number of aliphatic hydroxyl groups excluding tert-OH is 1. The van der Waals surface area contributed by atoms with Crippen molar-refractivity contribution in [2.45, 2.75) is 51.9 Å². The third-order valence-electron chi connectivity index (χ3n) is 5.66. The number of hydrogen-bond acceptors (Lipinski definition) is 4. The number of hydrogen-bond donors (Lipinski definition) is 2. The fourth-order valence-electron chi connectivity index (χ4n) is 4.17. The van der Waals surface area contributed by atoms with Crippen molar-refractivity contribution in [3.8, 4) is 5.69 Å². The average Bonchev–Trinajstić information content (AvgIpc) is 3.33. The Morgan fingerprint density at radius 2 is 2.00 bits per heavy atom. The average molecular weight is 400 g/mol. The van der Waals surface area contributed by atoms with E-state index < -0.39 is 0 Å². The molecule has 1 aliphatic rings. The van der Waals surface area contributed by atoms with E-state index >= 15 is 0 Å². The Morgan fingerprint density at radius 1 is 1.21 bits per heavy atom. The van der Waals surface area contributed by atoms with Gasteiger partial charge in [0.2, 0.25) is 0 Å². The third kappa shape index (κ3) is 3.99. The van der Waals surface area contributed by atoms with Gasteiger partial charge in [-0.3, -0.25) is 4.68 Å². The Balaban J connectivity index is 1.40. The van der Waals surface area contributed by atoms with Crippen LogP contribution in [0.4, 0.5) is 0 Å². The van der Waals surface area contributed by atoms with Gasteiger partial charge in [0.05, 0.1) is 28.7 Å². The topological polar surface area (TPSA) is 67.9 Å². The molecule has 1 saturated carbocycles. The first-order valence-corrected chi connectivity index (χ1v) is 10.1. The summed E-state index contributed by atoms with van der Waals surface area (Å²) in [4.78, 5) is 0. The van der Waals surface area contributed by atoms with Crippen LogP contribution in [0.2, 0.25) is 5.02 Å². The third-order valence-corrected chi connectivity index (χ3v) is 5.85. The van der Waals surface area contributed by atoms with E-state index in [1.807, 2.05) is 40.7 Å². The fourth-order valence-corrected chi connectivity index (χ4v) is 4.33. The SMILES string of the molecule is Cc1nn(-c2ccccc2)c(C)c1CN[C@@H]1CC(Cn2cc(Cl)cn2)C[C@H]1O. The van der Waals surface area contributed by atoms with Crippen LogP contribution in [0.25, 0.3) is 5.69 Å². The maximum absolute atomic E-state index is 10.5. The molecule has 6 nitrogen and oxygen atoms in total. The molecule has 1 fully saturated rings. The van der Waals surface area contributed by atoms with Crippen molar-refractivity contribution >= 4 is 11.6 Å². The molecule has 0 amide bonds. The molecule has 1 aliphatic carbocycles. The summed E-state index contributed by atoms with van der Waals surface area (Å²) in [6, 6.07) is 10.2. The molecule has 0 radical (unpaired) electrons. The van der Waals surface area contributed by atoms with Crippen LogP contribution < -0.4 is 5.32 Å². The second-order valence-corrected chi connectivity index (χ2v) is 8.11. The summed E-state index contributed by atoms with van der Waals surface area (Å²) in [7, 11) is 0. The lowest BCUT2D eigenvalue weighted by Gasteiger charge is -2.16. The predicted molar refractivity (Wildman–Crippen MR) is 110 cm³/mol. The van der Waals surface area contributed by atoms with E-state index in [9.17, 15) is 5.11 Å². The highest BCUT2D eigenvalue weighted by molar-refractivity contribution is 6.30. The van der Waals surface area contributed by atoms with Gasteiger partial charge in [-0.25, -0.2) is 4.68 Å². The molecule has 28 heavy (non-hydrogen) atoms. The Morgan fingerprint density at radius 3 is 2.71 bits per heavy atom. The standard InChI is InChI=1S/C21H26ClN5O/c1-14-19(15(2)27(25-14)18-6-4-3-5-7-18)11-23-20-8-16(9-21(20)28)12-26-13-17(22)10-24-26/h3-7,10,13,16,20-21,23,28H,8-9,11-12H2,1-2H3/t16?,20-,21-/m1/s1. The van der Waals surface area contributed by atoms with Gasteiger partial charge >= 0.3 is 0 Å². The van der Waals surface area contributed by atoms with Crippen LogP contribution in [0, 0.1) is 19.8 Å². The van der Waals surface area contributed by atoms with Gasteiger partial charge < -0.3 is 10.4 Å². The van der Waals surface area contributed by atoms with E-state index in [1.165, 1.54) is 5.56 Å². The maximum atomic E-state index is 10.5. The quantitative estimate of drug-likeness (QED) is 0.667. The van der Waals surface area contributed by atoms with Gasteiger partial charge in [0, 0.05) is 36.6 Å². The number of para-hydroxylation sites is 1. The van der Waals surface area contributed by atoms with Gasteiger partial charge in [-0.05, 0) is 44.7 Å². The molecule has 0 bridgehead atoms. The van der Waals surface area contributed by atoms with Gasteiger partial charge in [-0.1, -0.05) is 29.8 Å². The van der Waals surface area contributed by atoms with Crippen molar-refractivity contribution in [2.75, 3.05) is 0 Å². The van der Waals surface area contributed by atoms with Gasteiger partial charge in [-0.15, -0.1) is 0 Å². The first kappa shape index (κ1) is 19.2. The zero-order chi connectivity index (χ0) is 19.7. The lowest BCUT2D eigenvalue weighted by atomic mass is 10.1. The molecule has 0 spiro atoms. The van der Waals surface area contributed by atoms with Crippen molar-refractivity contribution in [1.29, 1.82) is 0 Å². The summed E-state index contributed by atoms with van der Waals surface area (Å²) in [5.41, 5.74) is 4.40. The Hall–Kier alpha value is -2.15. The van der Waals surface area contributed by atoms with E-state index in [4.69, 9.17) is 16.7 Å². The predicted octanol–water partition coefficient (Wildman–Crippen LogP) is 3.27. The van der Waals surface area contributed by atoms with E-state index in [0.29, 0.717) is 17.5 Å². The largest absolute Gasteiger partial charge is 0.391 e. The number of aliphatic hydroxyl groups is 1. The molecule has 4 rings (SSSR count). The van der Waals surface area contributed by atoms with E-state index in [-0.39, 0.29) is 12.1 Å². The molecule has 0 saturated heterocycles. The van der Waals surface area contributed by atoms with E-state index in [2.05, 4.69) is 29.5 Å². The van der Waals surface area contributed by atoms with Gasteiger partial charge in [-0.2, -0.15) is 10.2 Å². The molecule has 1 aromatic carbocycles. The van der Waals surface area contributed by atoms with Gasteiger partial charge in [0.1, 0.15) is 0 Å². The van der Waals surface area contributed by atoms with Crippen LogP contribution in [0.1, 0.15) is 29.8 Å². The van der Waals surface area contributed by atoms with Crippen LogP contribution in [0.3, 0.4) is 0 Å². The highest BCUT2D eigenvalue weighted by atomic mass is 35.5. The van der Waals surface area contributed by atoms with Crippen LogP contribution in [0.5, 0.6) is 0 Å². The number of aromatic nitrogens is 4. The van der Waals surface area contributed by atoms with Crippen molar-refractivity contribution in [3.05, 3.63) is 64.7 Å². The number of nitrogens with one attached hydrogen (secondary N) is 1. The van der Waals surface area contributed by atoms with Crippen LogP contribution in [-0.2, 0) is 13.1 Å².